The number of benzene rings is 1. The quantitative estimate of drug-likeness (QED) is 0.802. The summed E-state index contributed by atoms with van der Waals surface area (Å²) >= 11 is 1.52. The number of carbonyl (C=O) groups excluding carboxylic acids is 1. The molecule has 0 unspecified atom stereocenters. The molecule has 1 N–H and O–H groups in total. The lowest BCUT2D eigenvalue weighted by Gasteiger charge is -2.10. The van der Waals surface area contributed by atoms with Crippen LogP contribution in [0.3, 0.4) is 0 Å². The molecule has 1 aromatic carbocycles. The van der Waals surface area contributed by atoms with Gasteiger partial charge in [0.1, 0.15) is 5.82 Å². The molecule has 110 valence electrons. The number of amides is 1. The first-order chi connectivity index (χ1) is 10.8. The van der Waals surface area contributed by atoms with E-state index in [4.69, 9.17) is 5.10 Å². The van der Waals surface area contributed by atoms with Crippen LogP contribution in [-0.4, -0.2) is 15.7 Å². The van der Waals surface area contributed by atoms with Gasteiger partial charge in [0.05, 0.1) is 16.9 Å². The number of carbonyl (C=O) groups is 1. The largest absolute Gasteiger partial charge is 0.306 e. The lowest BCUT2D eigenvalue weighted by Crippen LogP contribution is -2.15. The van der Waals surface area contributed by atoms with Gasteiger partial charge in [0, 0.05) is 10.9 Å². The Balaban J connectivity index is 1.76. The number of para-hydroxylation sites is 1. The molecule has 4 nitrogen and oxygen atoms in total. The molecular formula is C17H15N3OS. The van der Waals surface area contributed by atoms with E-state index >= 15 is 0 Å². The van der Waals surface area contributed by atoms with E-state index in [1.165, 1.54) is 16.9 Å². The number of anilines is 1. The van der Waals surface area contributed by atoms with Crippen LogP contribution in [0.4, 0.5) is 5.82 Å². The van der Waals surface area contributed by atoms with Crippen molar-refractivity contribution in [1.29, 1.82) is 0 Å². The van der Waals surface area contributed by atoms with Crippen molar-refractivity contribution in [3.05, 3.63) is 64.0 Å². The maximum atomic E-state index is 12.4. The molecule has 0 spiro atoms. The molecule has 0 aliphatic heterocycles. The number of thiophene rings is 1. The van der Waals surface area contributed by atoms with Crippen molar-refractivity contribution in [3.8, 4) is 5.69 Å². The van der Waals surface area contributed by atoms with Crippen LogP contribution < -0.4 is 5.32 Å². The average molecular weight is 309 g/mol. The Bertz CT molecular complexity index is 806. The minimum atomic E-state index is -0.0759. The Kier molecular flexibility index (Phi) is 3.27. The van der Waals surface area contributed by atoms with Gasteiger partial charge in [0.2, 0.25) is 0 Å². The molecule has 4 rings (SSSR count). The lowest BCUT2D eigenvalue weighted by molar-refractivity contribution is 0.102. The van der Waals surface area contributed by atoms with E-state index < -0.39 is 0 Å². The molecule has 0 saturated heterocycles. The maximum Gasteiger partial charge on any atom is 0.257 e. The van der Waals surface area contributed by atoms with Crippen molar-refractivity contribution in [2.24, 2.45) is 0 Å². The number of hydrogen-bond acceptors (Lipinski definition) is 3. The molecule has 0 saturated carbocycles. The third kappa shape index (κ3) is 2.23. The minimum Gasteiger partial charge on any atom is -0.306 e. The SMILES string of the molecule is O=C(Nc1c2c(nn1-c1ccccc1)CCC2)c1ccsc1. The summed E-state index contributed by atoms with van der Waals surface area (Å²) in [5.74, 6) is 0.739. The predicted octanol–water partition coefficient (Wildman–Crippen LogP) is 3.67. The van der Waals surface area contributed by atoms with Crippen LogP contribution in [0.2, 0.25) is 0 Å². The van der Waals surface area contributed by atoms with Gasteiger partial charge in [-0.1, -0.05) is 18.2 Å². The zero-order valence-corrected chi connectivity index (χ0v) is 12.8. The van der Waals surface area contributed by atoms with Gasteiger partial charge in [0.25, 0.3) is 5.91 Å². The van der Waals surface area contributed by atoms with Crippen molar-refractivity contribution in [1.82, 2.24) is 9.78 Å². The van der Waals surface area contributed by atoms with Crippen molar-refractivity contribution >= 4 is 23.1 Å². The van der Waals surface area contributed by atoms with Gasteiger partial charge in [-0.25, -0.2) is 4.68 Å². The van der Waals surface area contributed by atoms with Gasteiger partial charge in [-0.15, -0.1) is 0 Å². The summed E-state index contributed by atoms with van der Waals surface area (Å²) in [5.41, 5.74) is 3.94. The van der Waals surface area contributed by atoms with E-state index in [0.717, 1.165) is 36.5 Å². The summed E-state index contributed by atoms with van der Waals surface area (Å²) in [7, 11) is 0. The van der Waals surface area contributed by atoms with Crippen LogP contribution in [0.5, 0.6) is 0 Å². The third-order valence-corrected chi connectivity index (χ3v) is 4.61. The molecule has 1 amide bonds. The van der Waals surface area contributed by atoms with Crippen LogP contribution in [0, 0.1) is 0 Å². The van der Waals surface area contributed by atoms with Gasteiger partial charge < -0.3 is 5.32 Å². The highest BCUT2D eigenvalue weighted by molar-refractivity contribution is 7.08. The fourth-order valence-corrected chi connectivity index (χ4v) is 3.49. The van der Waals surface area contributed by atoms with Gasteiger partial charge in [0.15, 0.2) is 0 Å². The first-order valence-electron chi connectivity index (χ1n) is 7.32. The first kappa shape index (κ1) is 13.3. The molecule has 1 aliphatic carbocycles. The van der Waals surface area contributed by atoms with E-state index in [0.29, 0.717) is 5.56 Å². The van der Waals surface area contributed by atoms with Crippen LogP contribution in [0.15, 0.2) is 47.2 Å². The molecule has 3 aromatic rings. The van der Waals surface area contributed by atoms with E-state index in [1.54, 1.807) is 0 Å². The molecule has 2 heterocycles. The molecule has 0 fully saturated rings. The van der Waals surface area contributed by atoms with Gasteiger partial charge >= 0.3 is 0 Å². The topological polar surface area (TPSA) is 46.9 Å². The number of nitrogens with zero attached hydrogens (tertiary/aromatic N) is 2. The molecule has 1 aliphatic rings. The Morgan fingerprint density at radius 3 is 2.82 bits per heavy atom. The number of nitrogens with one attached hydrogen (secondary N) is 1. The fourth-order valence-electron chi connectivity index (χ4n) is 2.85. The van der Waals surface area contributed by atoms with E-state index in [1.807, 2.05) is 51.8 Å². The number of hydrogen-bond donors (Lipinski definition) is 1. The van der Waals surface area contributed by atoms with Gasteiger partial charge in [-0.2, -0.15) is 16.4 Å². The molecular weight excluding hydrogens is 294 g/mol. The second-order valence-electron chi connectivity index (χ2n) is 5.34. The van der Waals surface area contributed by atoms with Crippen molar-refractivity contribution in [3.63, 3.8) is 0 Å². The third-order valence-electron chi connectivity index (χ3n) is 3.92. The number of aryl methyl sites for hydroxylation is 1. The summed E-state index contributed by atoms with van der Waals surface area (Å²) in [4.78, 5) is 12.4. The Hall–Kier alpha value is -2.40. The van der Waals surface area contributed by atoms with E-state index in [2.05, 4.69) is 5.32 Å². The minimum absolute atomic E-state index is 0.0759. The molecule has 5 heteroatoms. The van der Waals surface area contributed by atoms with Crippen LogP contribution in [0.25, 0.3) is 5.69 Å². The first-order valence-corrected chi connectivity index (χ1v) is 8.27. The number of fused-ring (bicyclic) bond motifs is 1. The van der Waals surface area contributed by atoms with Crippen molar-refractivity contribution < 1.29 is 4.79 Å². The number of rotatable bonds is 3. The average Bonchev–Trinajstić information content (AvgIpc) is 3.26. The highest BCUT2D eigenvalue weighted by Crippen LogP contribution is 2.31. The van der Waals surface area contributed by atoms with Crippen molar-refractivity contribution in [2.45, 2.75) is 19.3 Å². The lowest BCUT2D eigenvalue weighted by atomic mass is 10.2. The normalized spacial score (nSPS) is 13.1. The highest BCUT2D eigenvalue weighted by atomic mass is 32.1. The summed E-state index contributed by atoms with van der Waals surface area (Å²) < 4.78 is 1.86. The Morgan fingerprint density at radius 2 is 2.05 bits per heavy atom. The summed E-state index contributed by atoms with van der Waals surface area (Å²) in [6, 6.07) is 11.8. The molecule has 0 bridgehead atoms. The smallest absolute Gasteiger partial charge is 0.257 e. The van der Waals surface area contributed by atoms with E-state index in [-0.39, 0.29) is 5.91 Å². The van der Waals surface area contributed by atoms with Crippen LogP contribution in [0.1, 0.15) is 28.0 Å². The summed E-state index contributed by atoms with van der Waals surface area (Å²) in [6.07, 6.45) is 3.06. The Morgan fingerprint density at radius 1 is 1.18 bits per heavy atom. The zero-order chi connectivity index (χ0) is 14.9. The second-order valence-corrected chi connectivity index (χ2v) is 6.12. The summed E-state index contributed by atoms with van der Waals surface area (Å²) in [5, 5.41) is 11.5. The van der Waals surface area contributed by atoms with Crippen LogP contribution in [-0.2, 0) is 12.8 Å². The summed E-state index contributed by atoms with van der Waals surface area (Å²) in [6.45, 7) is 0. The fraction of sp³-hybridized carbons (Fsp3) is 0.176. The molecule has 22 heavy (non-hydrogen) atoms. The molecule has 2 aromatic heterocycles. The van der Waals surface area contributed by atoms with Gasteiger partial charge in [-0.3, -0.25) is 4.79 Å². The van der Waals surface area contributed by atoms with Crippen molar-refractivity contribution in [2.75, 3.05) is 5.32 Å². The molecule has 0 atom stereocenters. The predicted molar refractivity (Wildman–Crippen MR) is 87.9 cm³/mol. The number of aromatic nitrogens is 2. The van der Waals surface area contributed by atoms with Crippen LogP contribution >= 0.6 is 11.3 Å². The monoisotopic (exact) mass is 309 g/mol. The standard InChI is InChI=1S/C17H15N3OS/c21-17(12-9-10-22-11-12)18-16-14-7-4-8-15(14)19-20(16)13-5-2-1-3-6-13/h1-3,5-6,9-11H,4,7-8H2,(H,18,21). The molecule has 0 radical (unpaired) electrons. The highest BCUT2D eigenvalue weighted by Gasteiger charge is 2.24. The Labute approximate surface area is 132 Å². The second kappa shape index (κ2) is 5.42. The maximum absolute atomic E-state index is 12.4. The zero-order valence-electron chi connectivity index (χ0n) is 12.0. The van der Waals surface area contributed by atoms with Gasteiger partial charge in [-0.05, 0) is 42.8 Å². The van der Waals surface area contributed by atoms with E-state index in [9.17, 15) is 4.79 Å².